The molecule has 116 valence electrons. The van der Waals surface area contributed by atoms with Gasteiger partial charge in [0.1, 0.15) is 6.04 Å². The van der Waals surface area contributed by atoms with E-state index in [-0.39, 0.29) is 6.03 Å². The molecule has 0 aliphatic rings. The third-order valence-electron chi connectivity index (χ3n) is 3.09. The third-order valence-corrected chi connectivity index (χ3v) is 3.74. The van der Waals surface area contributed by atoms with Gasteiger partial charge in [-0.05, 0) is 30.9 Å². The number of hydrogen-bond acceptors (Lipinski definition) is 3. The molecule has 1 atom stereocenters. The van der Waals surface area contributed by atoms with Crippen LogP contribution in [-0.4, -0.2) is 46.6 Å². The highest BCUT2D eigenvalue weighted by Crippen LogP contribution is 2.06. The molecule has 1 unspecified atom stereocenters. The molecular formula is C15H22N2O3S. The Balaban J connectivity index is 2.62. The Morgan fingerprint density at radius 2 is 2.00 bits per heavy atom. The zero-order valence-corrected chi connectivity index (χ0v) is 13.2. The fourth-order valence-corrected chi connectivity index (χ4v) is 2.34. The van der Waals surface area contributed by atoms with Crippen LogP contribution in [0.15, 0.2) is 30.3 Å². The van der Waals surface area contributed by atoms with Gasteiger partial charge in [-0.3, -0.25) is 0 Å². The summed E-state index contributed by atoms with van der Waals surface area (Å²) in [5.74, 6) is -0.296. The number of aliphatic carboxylic acids is 1. The molecule has 0 bridgehead atoms. The highest BCUT2D eigenvalue weighted by molar-refractivity contribution is 7.98. The summed E-state index contributed by atoms with van der Waals surface area (Å²) in [7, 11) is 0. The number of carboxylic acid groups (broad SMARTS) is 1. The fraction of sp³-hybridized carbons (Fsp3) is 0.467. The van der Waals surface area contributed by atoms with Crippen LogP contribution in [0.3, 0.4) is 0 Å². The van der Waals surface area contributed by atoms with Crippen molar-refractivity contribution >= 4 is 23.8 Å². The van der Waals surface area contributed by atoms with E-state index in [9.17, 15) is 9.59 Å². The summed E-state index contributed by atoms with van der Waals surface area (Å²) in [5, 5.41) is 11.7. The van der Waals surface area contributed by atoms with E-state index in [1.54, 1.807) is 16.7 Å². The van der Waals surface area contributed by atoms with Gasteiger partial charge in [0, 0.05) is 13.1 Å². The second-order valence-electron chi connectivity index (χ2n) is 4.62. The van der Waals surface area contributed by atoms with Gasteiger partial charge in [0.15, 0.2) is 0 Å². The monoisotopic (exact) mass is 310 g/mol. The van der Waals surface area contributed by atoms with Crippen LogP contribution in [0.5, 0.6) is 0 Å². The maximum atomic E-state index is 12.2. The van der Waals surface area contributed by atoms with E-state index in [1.807, 2.05) is 43.5 Å². The second-order valence-corrected chi connectivity index (χ2v) is 5.61. The summed E-state index contributed by atoms with van der Waals surface area (Å²) < 4.78 is 0. The summed E-state index contributed by atoms with van der Waals surface area (Å²) in [6.07, 6.45) is 2.33. The lowest BCUT2D eigenvalue weighted by atomic mass is 10.2. The molecule has 0 aliphatic heterocycles. The van der Waals surface area contributed by atoms with Crippen molar-refractivity contribution in [2.45, 2.75) is 25.9 Å². The van der Waals surface area contributed by atoms with Gasteiger partial charge in [-0.2, -0.15) is 11.8 Å². The summed E-state index contributed by atoms with van der Waals surface area (Å²) in [6.45, 7) is 2.87. The molecule has 0 fully saturated rings. The predicted octanol–water partition coefficient (Wildman–Crippen LogP) is 2.42. The molecule has 1 rings (SSSR count). The summed E-state index contributed by atoms with van der Waals surface area (Å²) in [5.41, 5.74) is 1.02. The normalized spacial score (nSPS) is 11.7. The smallest absolute Gasteiger partial charge is 0.326 e. The number of hydrogen-bond donors (Lipinski definition) is 2. The van der Waals surface area contributed by atoms with E-state index in [4.69, 9.17) is 5.11 Å². The minimum atomic E-state index is -0.992. The molecule has 0 saturated carbocycles. The van der Waals surface area contributed by atoms with Gasteiger partial charge in [-0.1, -0.05) is 30.3 Å². The highest BCUT2D eigenvalue weighted by Gasteiger charge is 2.22. The van der Waals surface area contributed by atoms with Crippen LogP contribution in [0, 0.1) is 0 Å². The first kappa shape index (κ1) is 17.4. The van der Waals surface area contributed by atoms with Gasteiger partial charge in [-0.15, -0.1) is 0 Å². The Hall–Kier alpha value is -1.69. The molecule has 0 aliphatic carbocycles. The van der Waals surface area contributed by atoms with Crippen molar-refractivity contribution in [1.82, 2.24) is 10.2 Å². The molecule has 2 amide bonds. The molecule has 0 heterocycles. The second kappa shape index (κ2) is 9.28. The number of rotatable bonds is 8. The van der Waals surface area contributed by atoms with Gasteiger partial charge in [0.2, 0.25) is 0 Å². The summed E-state index contributed by atoms with van der Waals surface area (Å²) >= 11 is 1.56. The maximum absolute atomic E-state index is 12.2. The number of thioether (sulfide) groups is 1. The van der Waals surface area contributed by atoms with E-state index in [1.165, 1.54) is 0 Å². The molecule has 0 spiro atoms. The average molecular weight is 310 g/mol. The molecular weight excluding hydrogens is 288 g/mol. The molecule has 1 aromatic carbocycles. The number of amides is 2. The van der Waals surface area contributed by atoms with Crippen molar-refractivity contribution in [3.63, 3.8) is 0 Å². The Bertz CT molecular complexity index is 453. The number of carboxylic acids is 1. The van der Waals surface area contributed by atoms with E-state index in [0.717, 1.165) is 5.56 Å². The van der Waals surface area contributed by atoms with Crippen molar-refractivity contribution in [2.75, 3.05) is 18.6 Å². The molecule has 0 radical (unpaired) electrons. The first-order chi connectivity index (χ1) is 10.1. The van der Waals surface area contributed by atoms with Gasteiger partial charge >= 0.3 is 12.0 Å². The van der Waals surface area contributed by atoms with Gasteiger partial charge in [-0.25, -0.2) is 9.59 Å². The Morgan fingerprint density at radius 1 is 1.33 bits per heavy atom. The number of nitrogens with one attached hydrogen (secondary N) is 1. The molecule has 5 nitrogen and oxygen atoms in total. The van der Waals surface area contributed by atoms with Crippen molar-refractivity contribution in [3.05, 3.63) is 35.9 Å². The molecule has 0 aromatic heterocycles. The molecule has 6 heteroatoms. The van der Waals surface area contributed by atoms with Crippen LogP contribution in [0.1, 0.15) is 18.9 Å². The maximum Gasteiger partial charge on any atom is 0.326 e. The number of nitrogens with zero attached hydrogens (tertiary/aromatic N) is 1. The largest absolute Gasteiger partial charge is 0.480 e. The number of carbonyl (C=O) groups is 2. The number of benzene rings is 1. The molecule has 1 aromatic rings. The van der Waals surface area contributed by atoms with E-state index < -0.39 is 12.0 Å². The lowest BCUT2D eigenvalue weighted by molar-refractivity contribution is -0.139. The van der Waals surface area contributed by atoms with Crippen molar-refractivity contribution in [1.29, 1.82) is 0 Å². The Kier molecular flexibility index (Phi) is 7.68. The molecule has 0 saturated heterocycles. The van der Waals surface area contributed by atoms with Gasteiger partial charge < -0.3 is 15.3 Å². The zero-order valence-electron chi connectivity index (χ0n) is 12.4. The SMILES string of the molecule is CCN(Cc1ccccc1)C(=O)NC(CCSC)C(=O)O. The van der Waals surface area contributed by atoms with Crippen LogP contribution < -0.4 is 5.32 Å². The average Bonchev–Trinajstić information content (AvgIpc) is 2.49. The quantitative estimate of drug-likeness (QED) is 0.773. The Labute approximate surface area is 129 Å². The van der Waals surface area contributed by atoms with Crippen LogP contribution in [-0.2, 0) is 11.3 Å². The number of carbonyl (C=O) groups excluding carboxylic acids is 1. The van der Waals surface area contributed by atoms with Crippen LogP contribution in [0.4, 0.5) is 4.79 Å². The van der Waals surface area contributed by atoms with Crippen molar-refractivity contribution in [2.24, 2.45) is 0 Å². The zero-order chi connectivity index (χ0) is 15.7. The van der Waals surface area contributed by atoms with Gasteiger partial charge in [0.25, 0.3) is 0 Å². The number of urea groups is 1. The van der Waals surface area contributed by atoms with Crippen molar-refractivity contribution < 1.29 is 14.7 Å². The lowest BCUT2D eigenvalue weighted by Gasteiger charge is -2.24. The van der Waals surface area contributed by atoms with E-state index in [0.29, 0.717) is 25.3 Å². The first-order valence-corrected chi connectivity index (χ1v) is 8.29. The molecule has 21 heavy (non-hydrogen) atoms. The summed E-state index contributed by atoms with van der Waals surface area (Å²) in [4.78, 5) is 25.0. The first-order valence-electron chi connectivity index (χ1n) is 6.89. The minimum absolute atomic E-state index is 0.338. The molecule has 2 N–H and O–H groups in total. The fourth-order valence-electron chi connectivity index (χ4n) is 1.86. The highest BCUT2D eigenvalue weighted by atomic mass is 32.2. The topological polar surface area (TPSA) is 69.6 Å². The van der Waals surface area contributed by atoms with Crippen LogP contribution in [0.25, 0.3) is 0 Å². The van der Waals surface area contributed by atoms with Crippen LogP contribution in [0.2, 0.25) is 0 Å². The third kappa shape index (κ3) is 6.08. The van der Waals surface area contributed by atoms with Gasteiger partial charge in [0.05, 0.1) is 0 Å². The van der Waals surface area contributed by atoms with Crippen LogP contribution >= 0.6 is 11.8 Å². The standard InChI is InChI=1S/C15H22N2O3S/c1-3-17(11-12-7-5-4-6-8-12)15(20)16-13(14(18)19)9-10-21-2/h4-8,13H,3,9-11H2,1-2H3,(H,16,20)(H,18,19). The minimum Gasteiger partial charge on any atom is -0.480 e. The van der Waals surface area contributed by atoms with E-state index in [2.05, 4.69) is 5.32 Å². The van der Waals surface area contributed by atoms with E-state index >= 15 is 0 Å². The predicted molar refractivity (Wildman–Crippen MR) is 85.5 cm³/mol. The summed E-state index contributed by atoms with van der Waals surface area (Å²) in [6, 6.07) is 8.46. The Morgan fingerprint density at radius 3 is 2.52 bits per heavy atom. The lowest BCUT2D eigenvalue weighted by Crippen LogP contribution is -2.47. The van der Waals surface area contributed by atoms with Crippen molar-refractivity contribution in [3.8, 4) is 0 Å².